The molecule has 3 aromatic rings. The summed E-state index contributed by atoms with van der Waals surface area (Å²) in [5, 5.41) is 0. The first-order valence-electron chi connectivity index (χ1n) is 8.88. The summed E-state index contributed by atoms with van der Waals surface area (Å²) < 4.78 is 12.1. The molecule has 4 heteroatoms. The first-order chi connectivity index (χ1) is 12.9. The number of fused-ring (bicyclic) bond motifs is 2. The molecule has 0 N–H and O–H groups in total. The highest BCUT2D eigenvalue weighted by Gasteiger charge is 2.24. The number of rotatable bonds is 2. The maximum Gasteiger partial charge on any atom is 0.161 e. The molecule has 130 valence electrons. The van der Waals surface area contributed by atoms with Gasteiger partial charge in [0.1, 0.15) is 11.5 Å². The Labute approximate surface area is 153 Å². The summed E-state index contributed by atoms with van der Waals surface area (Å²) in [6.45, 7) is 2.80. The molecule has 0 bridgehead atoms. The predicted octanol–water partition coefficient (Wildman–Crippen LogP) is 4.40. The van der Waals surface area contributed by atoms with Crippen LogP contribution in [0.1, 0.15) is 11.1 Å². The number of benzene rings is 3. The molecule has 2 heterocycles. The molecule has 0 atom stereocenters. The van der Waals surface area contributed by atoms with Crippen LogP contribution >= 0.6 is 0 Å². The van der Waals surface area contributed by atoms with E-state index in [0.717, 1.165) is 24.6 Å². The second-order valence-electron chi connectivity index (χ2n) is 6.68. The minimum Gasteiger partial charge on any atom is -0.473 e. The Morgan fingerprint density at radius 2 is 1.00 bits per heavy atom. The van der Waals surface area contributed by atoms with Gasteiger partial charge in [0.15, 0.2) is 13.5 Å². The normalized spacial score (nSPS) is 15.5. The predicted molar refractivity (Wildman–Crippen MR) is 103 cm³/mol. The summed E-state index contributed by atoms with van der Waals surface area (Å²) in [6.07, 6.45) is 0. The second kappa shape index (κ2) is 6.30. The maximum absolute atomic E-state index is 6.05. The average molecular weight is 344 g/mol. The number of anilines is 2. The Kier molecular flexibility index (Phi) is 3.67. The highest BCUT2D eigenvalue weighted by molar-refractivity contribution is 5.56. The van der Waals surface area contributed by atoms with E-state index in [2.05, 4.69) is 70.5 Å². The van der Waals surface area contributed by atoms with E-state index in [1.165, 1.54) is 22.5 Å². The number of hydrogen-bond donors (Lipinski definition) is 0. The van der Waals surface area contributed by atoms with Crippen LogP contribution in [-0.4, -0.2) is 13.5 Å². The lowest BCUT2D eigenvalue weighted by molar-refractivity contribution is 0.274. The molecule has 5 rings (SSSR count). The molecule has 26 heavy (non-hydrogen) atoms. The Morgan fingerprint density at radius 1 is 0.577 bits per heavy atom. The average Bonchev–Trinajstić information content (AvgIpc) is 2.73. The van der Waals surface area contributed by atoms with Gasteiger partial charge < -0.3 is 19.3 Å². The van der Waals surface area contributed by atoms with Crippen molar-refractivity contribution in [2.75, 3.05) is 23.3 Å². The first-order valence-corrected chi connectivity index (χ1v) is 8.88. The largest absolute Gasteiger partial charge is 0.473 e. The van der Waals surface area contributed by atoms with Crippen LogP contribution in [0.3, 0.4) is 0 Å². The molecule has 3 aromatic carbocycles. The molecule has 0 saturated heterocycles. The molecule has 0 radical (unpaired) electrons. The SMILES string of the molecule is c1ccc(N2COc3cc4c(cc3C2)OCN(c2ccccc2)C4)cc1. The lowest BCUT2D eigenvalue weighted by Gasteiger charge is -2.34. The van der Waals surface area contributed by atoms with Crippen LogP contribution in [0.15, 0.2) is 72.8 Å². The van der Waals surface area contributed by atoms with Gasteiger partial charge in [0.2, 0.25) is 0 Å². The summed E-state index contributed by atoms with van der Waals surface area (Å²) in [5.41, 5.74) is 4.69. The smallest absolute Gasteiger partial charge is 0.161 e. The van der Waals surface area contributed by atoms with E-state index in [4.69, 9.17) is 9.47 Å². The maximum atomic E-state index is 6.05. The first kappa shape index (κ1) is 15.1. The van der Waals surface area contributed by atoms with E-state index >= 15 is 0 Å². The summed E-state index contributed by atoms with van der Waals surface area (Å²) in [6, 6.07) is 25.0. The van der Waals surface area contributed by atoms with Crippen molar-refractivity contribution >= 4 is 11.4 Å². The van der Waals surface area contributed by atoms with Crippen molar-refractivity contribution in [1.82, 2.24) is 0 Å². The summed E-state index contributed by atoms with van der Waals surface area (Å²) >= 11 is 0. The monoisotopic (exact) mass is 344 g/mol. The van der Waals surface area contributed by atoms with Gasteiger partial charge in [-0.2, -0.15) is 0 Å². The highest BCUT2D eigenvalue weighted by Crippen LogP contribution is 2.37. The van der Waals surface area contributed by atoms with Gasteiger partial charge in [-0.1, -0.05) is 36.4 Å². The van der Waals surface area contributed by atoms with Gasteiger partial charge in [-0.05, 0) is 36.4 Å². The summed E-state index contributed by atoms with van der Waals surface area (Å²) in [7, 11) is 0. The van der Waals surface area contributed by atoms with Crippen LogP contribution in [0.5, 0.6) is 11.5 Å². The minimum absolute atomic E-state index is 0.569. The fourth-order valence-electron chi connectivity index (χ4n) is 3.57. The quantitative estimate of drug-likeness (QED) is 0.688. The van der Waals surface area contributed by atoms with Crippen LogP contribution in [0, 0.1) is 0 Å². The lowest BCUT2D eigenvalue weighted by Crippen LogP contribution is -2.34. The van der Waals surface area contributed by atoms with E-state index in [0.29, 0.717) is 13.5 Å². The zero-order valence-corrected chi connectivity index (χ0v) is 14.5. The van der Waals surface area contributed by atoms with Crippen molar-refractivity contribution in [2.45, 2.75) is 13.1 Å². The summed E-state index contributed by atoms with van der Waals surface area (Å²) in [5.74, 6) is 1.93. The van der Waals surface area contributed by atoms with Crippen LogP contribution in [-0.2, 0) is 13.1 Å². The van der Waals surface area contributed by atoms with Crippen LogP contribution in [0.4, 0.5) is 11.4 Å². The molecule has 4 nitrogen and oxygen atoms in total. The Morgan fingerprint density at radius 3 is 1.42 bits per heavy atom. The van der Waals surface area contributed by atoms with Gasteiger partial charge in [0.25, 0.3) is 0 Å². The Bertz CT molecular complexity index is 835. The van der Waals surface area contributed by atoms with E-state index < -0.39 is 0 Å². The molecule has 0 fully saturated rings. The molecule has 2 aliphatic rings. The van der Waals surface area contributed by atoms with E-state index in [-0.39, 0.29) is 0 Å². The molecular weight excluding hydrogens is 324 g/mol. The van der Waals surface area contributed by atoms with Crippen molar-refractivity contribution in [1.29, 1.82) is 0 Å². The third-order valence-electron chi connectivity index (χ3n) is 4.96. The van der Waals surface area contributed by atoms with Crippen LogP contribution < -0.4 is 19.3 Å². The number of hydrogen-bond acceptors (Lipinski definition) is 4. The van der Waals surface area contributed by atoms with E-state index in [1.54, 1.807) is 0 Å². The fourth-order valence-corrected chi connectivity index (χ4v) is 3.57. The Hall–Kier alpha value is -3.14. The van der Waals surface area contributed by atoms with Crippen molar-refractivity contribution in [3.63, 3.8) is 0 Å². The van der Waals surface area contributed by atoms with Crippen molar-refractivity contribution in [3.05, 3.63) is 83.9 Å². The molecule has 0 unspecified atom stereocenters. The molecular formula is C22H20N2O2. The van der Waals surface area contributed by atoms with Crippen molar-refractivity contribution < 1.29 is 9.47 Å². The van der Waals surface area contributed by atoms with Crippen molar-refractivity contribution in [3.8, 4) is 11.5 Å². The summed E-state index contributed by atoms with van der Waals surface area (Å²) in [4.78, 5) is 4.46. The van der Waals surface area contributed by atoms with Crippen molar-refractivity contribution in [2.24, 2.45) is 0 Å². The standard InChI is InChI=1S/C22H20N2O2/c1-3-7-19(8-4-1)23-13-17-11-22-18(12-21(17)25-15-23)14-24(16-26-22)20-9-5-2-6-10-20/h1-12H,13-16H2. The molecule has 0 spiro atoms. The van der Waals surface area contributed by atoms with Crippen LogP contribution in [0.25, 0.3) is 0 Å². The molecule has 0 aromatic heterocycles. The third-order valence-corrected chi connectivity index (χ3v) is 4.96. The van der Waals surface area contributed by atoms with Gasteiger partial charge >= 0.3 is 0 Å². The number of para-hydroxylation sites is 2. The highest BCUT2D eigenvalue weighted by atomic mass is 16.5. The Balaban J connectivity index is 1.40. The van der Waals surface area contributed by atoms with E-state index in [1.807, 2.05) is 12.1 Å². The third kappa shape index (κ3) is 2.73. The fraction of sp³-hybridized carbons (Fsp3) is 0.182. The molecule has 0 aliphatic carbocycles. The molecule has 0 saturated carbocycles. The number of ether oxygens (including phenoxy) is 2. The lowest BCUT2D eigenvalue weighted by atomic mass is 10.1. The van der Waals surface area contributed by atoms with Gasteiger partial charge in [0.05, 0.1) is 0 Å². The molecule has 2 aliphatic heterocycles. The number of nitrogens with zero attached hydrogens (tertiary/aromatic N) is 2. The molecule has 0 amide bonds. The van der Waals surface area contributed by atoms with Crippen LogP contribution in [0.2, 0.25) is 0 Å². The topological polar surface area (TPSA) is 24.9 Å². The zero-order valence-electron chi connectivity index (χ0n) is 14.5. The zero-order chi connectivity index (χ0) is 17.3. The van der Waals surface area contributed by atoms with Gasteiger partial charge in [-0.25, -0.2) is 0 Å². The van der Waals surface area contributed by atoms with Gasteiger partial charge in [-0.15, -0.1) is 0 Å². The van der Waals surface area contributed by atoms with E-state index in [9.17, 15) is 0 Å². The second-order valence-corrected chi connectivity index (χ2v) is 6.68. The van der Waals surface area contributed by atoms with Gasteiger partial charge in [0, 0.05) is 35.6 Å². The van der Waals surface area contributed by atoms with Gasteiger partial charge in [-0.3, -0.25) is 0 Å². The minimum atomic E-state index is 0.569.